The summed E-state index contributed by atoms with van der Waals surface area (Å²) in [6.07, 6.45) is 2.21. The molecule has 1 aromatic carbocycles. The maximum Gasteiger partial charge on any atom is 0.228 e. The highest BCUT2D eigenvalue weighted by Gasteiger charge is 2.27. The van der Waals surface area contributed by atoms with Crippen LogP contribution in [0.25, 0.3) is 11.4 Å². The van der Waals surface area contributed by atoms with Crippen molar-refractivity contribution in [2.24, 2.45) is 0 Å². The van der Waals surface area contributed by atoms with E-state index in [0.717, 1.165) is 24.5 Å². The number of aromatic nitrogens is 5. The van der Waals surface area contributed by atoms with Crippen LogP contribution >= 0.6 is 0 Å². The van der Waals surface area contributed by atoms with Gasteiger partial charge in [0.1, 0.15) is 12.2 Å². The molecule has 3 heterocycles. The monoisotopic (exact) mass is 326 g/mol. The van der Waals surface area contributed by atoms with Gasteiger partial charge in [-0.3, -0.25) is 10.00 Å². The Kier molecular flexibility index (Phi) is 4.30. The van der Waals surface area contributed by atoms with E-state index in [4.69, 9.17) is 9.26 Å². The largest absolute Gasteiger partial charge is 0.378 e. The predicted molar refractivity (Wildman–Crippen MR) is 85.0 cm³/mol. The third-order valence-electron chi connectivity index (χ3n) is 4.10. The van der Waals surface area contributed by atoms with Gasteiger partial charge in [-0.25, -0.2) is 4.98 Å². The van der Waals surface area contributed by atoms with Crippen molar-refractivity contribution in [2.75, 3.05) is 26.3 Å². The number of hydrogen-bond acceptors (Lipinski definition) is 7. The van der Waals surface area contributed by atoms with Gasteiger partial charge in [-0.2, -0.15) is 10.1 Å². The van der Waals surface area contributed by atoms with Gasteiger partial charge >= 0.3 is 0 Å². The van der Waals surface area contributed by atoms with E-state index in [1.807, 2.05) is 30.3 Å². The lowest BCUT2D eigenvalue weighted by Gasteiger charge is -2.33. The molecule has 0 saturated carbocycles. The fraction of sp³-hybridized carbons (Fsp3) is 0.375. The van der Waals surface area contributed by atoms with Crippen molar-refractivity contribution in [3.63, 3.8) is 0 Å². The van der Waals surface area contributed by atoms with E-state index in [-0.39, 0.29) is 6.04 Å². The first-order valence-corrected chi connectivity index (χ1v) is 7.95. The van der Waals surface area contributed by atoms with Crippen molar-refractivity contribution in [3.8, 4) is 11.4 Å². The predicted octanol–water partition coefficient (Wildman–Crippen LogP) is 1.47. The van der Waals surface area contributed by atoms with Crippen LogP contribution in [0.5, 0.6) is 0 Å². The molecule has 1 atom stereocenters. The third kappa shape index (κ3) is 3.19. The van der Waals surface area contributed by atoms with Crippen LogP contribution in [0.1, 0.15) is 17.8 Å². The molecule has 1 unspecified atom stereocenters. The van der Waals surface area contributed by atoms with Crippen molar-refractivity contribution in [2.45, 2.75) is 12.5 Å². The molecule has 8 heteroatoms. The van der Waals surface area contributed by atoms with Crippen LogP contribution in [-0.2, 0) is 11.2 Å². The highest BCUT2D eigenvalue weighted by Crippen LogP contribution is 2.21. The fourth-order valence-corrected chi connectivity index (χ4v) is 2.83. The standard InChI is InChI=1S/C16H18N6O2/c1-2-4-12(5-3-1)15-19-14(24-21-15)6-7-22-8-9-23-10-13(22)16-17-11-18-20-16/h1-5,11,13H,6-10H2,(H,17,18,20). The zero-order valence-electron chi connectivity index (χ0n) is 13.1. The molecule has 24 heavy (non-hydrogen) atoms. The zero-order chi connectivity index (χ0) is 16.2. The van der Waals surface area contributed by atoms with Gasteiger partial charge in [-0.15, -0.1) is 0 Å². The lowest BCUT2D eigenvalue weighted by atomic mass is 10.2. The van der Waals surface area contributed by atoms with Crippen LogP contribution in [-0.4, -0.2) is 56.5 Å². The van der Waals surface area contributed by atoms with Gasteiger partial charge in [0.25, 0.3) is 0 Å². The van der Waals surface area contributed by atoms with E-state index in [0.29, 0.717) is 31.3 Å². The van der Waals surface area contributed by atoms with Crippen LogP contribution in [0.3, 0.4) is 0 Å². The van der Waals surface area contributed by atoms with Gasteiger partial charge < -0.3 is 9.26 Å². The molecule has 1 fully saturated rings. The highest BCUT2D eigenvalue weighted by atomic mass is 16.5. The molecule has 1 aliphatic heterocycles. The first kappa shape index (κ1) is 15.0. The van der Waals surface area contributed by atoms with Crippen molar-refractivity contribution in [1.82, 2.24) is 30.2 Å². The first-order chi connectivity index (χ1) is 11.9. The molecule has 0 spiro atoms. The highest BCUT2D eigenvalue weighted by molar-refractivity contribution is 5.53. The molecule has 4 rings (SSSR count). The lowest BCUT2D eigenvalue weighted by molar-refractivity contribution is -0.0117. The number of H-pyrrole nitrogens is 1. The van der Waals surface area contributed by atoms with Crippen LogP contribution in [0.15, 0.2) is 41.2 Å². The Hall–Kier alpha value is -2.58. The van der Waals surface area contributed by atoms with E-state index in [9.17, 15) is 0 Å². The molecule has 1 aliphatic rings. The Morgan fingerprint density at radius 3 is 3.00 bits per heavy atom. The van der Waals surface area contributed by atoms with Gasteiger partial charge in [0, 0.05) is 25.1 Å². The second kappa shape index (κ2) is 6.90. The summed E-state index contributed by atoms with van der Waals surface area (Å²) in [6.45, 7) is 2.95. The summed E-state index contributed by atoms with van der Waals surface area (Å²) < 4.78 is 11.0. The molecule has 2 aromatic heterocycles. The molecule has 0 radical (unpaired) electrons. The minimum atomic E-state index is 0.0813. The number of hydrogen-bond donors (Lipinski definition) is 1. The summed E-state index contributed by atoms with van der Waals surface area (Å²) in [5.74, 6) is 2.08. The molecular formula is C16H18N6O2. The Balaban J connectivity index is 1.42. The minimum Gasteiger partial charge on any atom is -0.378 e. The quantitative estimate of drug-likeness (QED) is 0.759. The van der Waals surface area contributed by atoms with Crippen molar-refractivity contribution in [3.05, 3.63) is 48.4 Å². The summed E-state index contributed by atoms with van der Waals surface area (Å²) in [5, 5.41) is 10.9. The Bertz CT molecular complexity index is 758. The number of nitrogens with zero attached hydrogens (tertiary/aromatic N) is 5. The first-order valence-electron chi connectivity index (χ1n) is 7.95. The van der Waals surface area contributed by atoms with Gasteiger partial charge in [-0.05, 0) is 0 Å². The summed E-state index contributed by atoms with van der Waals surface area (Å²) in [7, 11) is 0. The molecule has 1 N–H and O–H groups in total. The van der Waals surface area contributed by atoms with Gasteiger partial charge in [0.2, 0.25) is 11.7 Å². The zero-order valence-corrected chi connectivity index (χ0v) is 13.1. The SMILES string of the molecule is c1ccc(-c2noc(CCN3CCOCC3c3ncn[nH]3)n2)cc1. The maximum atomic E-state index is 5.57. The Morgan fingerprint density at radius 2 is 2.17 bits per heavy atom. The number of morpholine rings is 1. The molecule has 0 bridgehead atoms. The summed E-state index contributed by atoms with van der Waals surface area (Å²) in [5.41, 5.74) is 0.957. The molecule has 1 saturated heterocycles. The van der Waals surface area contributed by atoms with Gasteiger partial charge in [-0.1, -0.05) is 35.5 Å². The van der Waals surface area contributed by atoms with Crippen molar-refractivity contribution in [1.29, 1.82) is 0 Å². The van der Waals surface area contributed by atoms with E-state index in [2.05, 4.69) is 30.2 Å². The average molecular weight is 326 g/mol. The summed E-state index contributed by atoms with van der Waals surface area (Å²) >= 11 is 0. The molecular weight excluding hydrogens is 308 g/mol. The molecule has 0 amide bonds. The molecule has 0 aliphatic carbocycles. The average Bonchev–Trinajstić information content (AvgIpc) is 3.33. The summed E-state index contributed by atoms with van der Waals surface area (Å²) in [4.78, 5) is 11.0. The normalized spacial score (nSPS) is 18.8. The van der Waals surface area contributed by atoms with E-state index < -0.39 is 0 Å². The molecule has 8 nitrogen and oxygen atoms in total. The lowest BCUT2D eigenvalue weighted by Crippen LogP contribution is -2.41. The Labute approximate surface area is 138 Å². The van der Waals surface area contributed by atoms with Crippen LogP contribution in [0, 0.1) is 0 Å². The van der Waals surface area contributed by atoms with Crippen molar-refractivity contribution < 1.29 is 9.26 Å². The topological polar surface area (TPSA) is 93.0 Å². The van der Waals surface area contributed by atoms with E-state index in [1.165, 1.54) is 6.33 Å². The number of nitrogens with one attached hydrogen (secondary N) is 1. The fourth-order valence-electron chi connectivity index (χ4n) is 2.83. The van der Waals surface area contributed by atoms with Crippen LogP contribution in [0.2, 0.25) is 0 Å². The maximum absolute atomic E-state index is 5.57. The smallest absolute Gasteiger partial charge is 0.228 e. The van der Waals surface area contributed by atoms with E-state index >= 15 is 0 Å². The third-order valence-corrected chi connectivity index (χ3v) is 4.10. The second-order valence-electron chi connectivity index (χ2n) is 5.63. The van der Waals surface area contributed by atoms with Crippen LogP contribution in [0.4, 0.5) is 0 Å². The van der Waals surface area contributed by atoms with E-state index in [1.54, 1.807) is 0 Å². The summed E-state index contributed by atoms with van der Waals surface area (Å²) in [6, 6.07) is 9.90. The second-order valence-corrected chi connectivity index (χ2v) is 5.63. The van der Waals surface area contributed by atoms with Gasteiger partial charge in [0.15, 0.2) is 0 Å². The molecule has 3 aromatic rings. The number of ether oxygens (including phenoxy) is 1. The molecule has 124 valence electrons. The van der Waals surface area contributed by atoms with Gasteiger partial charge in [0.05, 0.1) is 19.3 Å². The Morgan fingerprint density at radius 1 is 1.25 bits per heavy atom. The number of benzene rings is 1. The van der Waals surface area contributed by atoms with Crippen molar-refractivity contribution >= 4 is 0 Å². The number of rotatable bonds is 5. The minimum absolute atomic E-state index is 0.0813. The van der Waals surface area contributed by atoms with Crippen LogP contribution < -0.4 is 0 Å². The number of aromatic amines is 1.